The third-order valence-electron chi connectivity index (χ3n) is 2.69. The van der Waals surface area contributed by atoms with Gasteiger partial charge in [-0.1, -0.05) is 6.92 Å². The maximum atomic E-state index is 11.0. The Kier molecular flexibility index (Phi) is 5.63. The molecule has 0 aliphatic heterocycles. The third kappa shape index (κ3) is 4.61. The zero-order valence-electron chi connectivity index (χ0n) is 12.0. The predicted octanol–water partition coefficient (Wildman–Crippen LogP) is 1.78. The zero-order valence-corrected chi connectivity index (χ0v) is 12.0. The van der Waals surface area contributed by atoms with E-state index in [1.165, 1.54) is 6.20 Å². The van der Waals surface area contributed by atoms with Crippen LogP contribution in [0.25, 0.3) is 0 Å². The first-order valence-electron chi connectivity index (χ1n) is 6.54. The van der Waals surface area contributed by atoms with E-state index in [9.17, 15) is 10.1 Å². The molecule has 0 unspecified atom stereocenters. The number of anilines is 2. The van der Waals surface area contributed by atoms with Gasteiger partial charge < -0.3 is 15.7 Å². The Morgan fingerprint density at radius 1 is 1.50 bits per heavy atom. The van der Waals surface area contributed by atoms with Gasteiger partial charge in [0.05, 0.1) is 4.92 Å². The van der Waals surface area contributed by atoms with Crippen molar-refractivity contribution in [1.29, 1.82) is 0 Å². The Morgan fingerprint density at radius 3 is 2.75 bits per heavy atom. The van der Waals surface area contributed by atoms with E-state index in [4.69, 9.17) is 5.11 Å². The van der Waals surface area contributed by atoms with Gasteiger partial charge in [0.25, 0.3) is 0 Å². The number of hydrogen-bond donors (Lipinski definition) is 3. The number of nitro groups is 1. The molecule has 1 aromatic rings. The van der Waals surface area contributed by atoms with Crippen molar-refractivity contribution in [1.82, 2.24) is 9.97 Å². The Bertz CT molecular complexity index is 464. The quantitative estimate of drug-likeness (QED) is 0.492. The molecule has 0 saturated carbocycles. The summed E-state index contributed by atoms with van der Waals surface area (Å²) in [5.41, 5.74) is -0.686. The Hall–Kier alpha value is -1.96. The molecule has 8 heteroatoms. The minimum absolute atomic E-state index is 0.0141. The predicted molar refractivity (Wildman–Crippen MR) is 76.9 cm³/mol. The summed E-state index contributed by atoms with van der Waals surface area (Å²) in [6.07, 6.45) is 2.54. The van der Waals surface area contributed by atoms with Gasteiger partial charge in [0.1, 0.15) is 6.20 Å². The van der Waals surface area contributed by atoms with E-state index in [1.807, 2.05) is 20.8 Å². The van der Waals surface area contributed by atoms with Crippen LogP contribution in [0, 0.1) is 10.1 Å². The minimum Gasteiger partial charge on any atom is -0.396 e. The second-order valence-corrected chi connectivity index (χ2v) is 5.09. The molecule has 0 spiro atoms. The molecule has 20 heavy (non-hydrogen) atoms. The van der Waals surface area contributed by atoms with E-state index in [0.29, 0.717) is 18.9 Å². The minimum atomic E-state index is -0.527. The van der Waals surface area contributed by atoms with Gasteiger partial charge in [-0.25, -0.2) is 4.98 Å². The Morgan fingerprint density at radius 2 is 2.20 bits per heavy atom. The fourth-order valence-electron chi connectivity index (χ4n) is 1.59. The number of aromatic nitrogens is 2. The second-order valence-electron chi connectivity index (χ2n) is 5.09. The van der Waals surface area contributed by atoms with Crippen molar-refractivity contribution in [3.8, 4) is 0 Å². The smallest absolute Gasteiger partial charge is 0.329 e. The number of nitrogens with one attached hydrogen (secondary N) is 2. The lowest BCUT2D eigenvalue weighted by Gasteiger charge is -2.25. The van der Waals surface area contributed by atoms with Gasteiger partial charge in [0.15, 0.2) is 0 Å². The van der Waals surface area contributed by atoms with Crippen LogP contribution in [-0.4, -0.2) is 38.7 Å². The van der Waals surface area contributed by atoms with E-state index >= 15 is 0 Å². The molecule has 0 aliphatic carbocycles. The fourth-order valence-corrected chi connectivity index (χ4v) is 1.59. The van der Waals surface area contributed by atoms with E-state index in [0.717, 1.165) is 6.42 Å². The van der Waals surface area contributed by atoms with E-state index in [-0.39, 0.29) is 18.1 Å². The van der Waals surface area contributed by atoms with E-state index in [1.54, 1.807) is 0 Å². The van der Waals surface area contributed by atoms with Gasteiger partial charge in [0, 0.05) is 18.7 Å². The highest BCUT2D eigenvalue weighted by Gasteiger charge is 2.24. The maximum Gasteiger partial charge on any atom is 0.329 e. The normalized spacial score (nSPS) is 11.2. The summed E-state index contributed by atoms with van der Waals surface area (Å²) >= 11 is 0. The molecule has 0 saturated heterocycles. The molecule has 0 radical (unpaired) electrons. The number of hydrogen-bond acceptors (Lipinski definition) is 7. The summed E-state index contributed by atoms with van der Waals surface area (Å²) in [7, 11) is 0. The molecule has 1 heterocycles. The lowest BCUT2D eigenvalue weighted by molar-refractivity contribution is -0.384. The van der Waals surface area contributed by atoms with Crippen LogP contribution in [0.2, 0.25) is 0 Å². The third-order valence-corrected chi connectivity index (χ3v) is 2.69. The van der Waals surface area contributed by atoms with Crippen molar-refractivity contribution in [2.75, 3.05) is 23.8 Å². The molecule has 0 bridgehead atoms. The summed E-state index contributed by atoms with van der Waals surface area (Å²) in [5, 5.41) is 26.0. The lowest BCUT2D eigenvalue weighted by Crippen LogP contribution is -2.32. The van der Waals surface area contributed by atoms with Crippen molar-refractivity contribution in [3.63, 3.8) is 0 Å². The molecule has 112 valence electrons. The molecule has 0 fully saturated rings. The average molecular weight is 283 g/mol. The van der Waals surface area contributed by atoms with Gasteiger partial charge >= 0.3 is 5.69 Å². The van der Waals surface area contributed by atoms with Crippen LogP contribution in [0.4, 0.5) is 17.5 Å². The Balaban J connectivity index is 3.02. The van der Waals surface area contributed by atoms with Gasteiger partial charge in [-0.05, 0) is 26.7 Å². The first kappa shape index (κ1) is 16.1. The molecule has 0 atom stereocenters. The van der Waals surface area contributed by atoms with Crippen LogP contribution in [0.1, 0.15) is 33.6 Å². The van der Waals surface area contributed by atoms with Crippen LogP contribution in [0.3, 0.4) is 0 Å². The summed E-state index contributed by atoms with van der Waals surface area (Å²) in [6.45, 7) is 6.36. The zero-order chi connectivity index (χ0) is 15.2. The summed E-state index contributed by atoms with van der Waals surface area (Å²) in [4.78, 5) is 18.5. The van der Waals surface area contributed by atoms with Crippen LogP contribution in [0.5, 0.6) is 0 Å². The molecule has 3 N–H and O–H groups in total. The summed E-state index contributed by atoms with van der Waals surface area (Å²) in [5.74, 6) is 0.502. The van der Waals surface area contributed by atoms with Crippen LogP contribution in [0.15, 0.2) is 6.20 Å². The number of aliphatic hydroxyl groups is 1. The van der Waals surface area contributed by atoms with Crippen LogP contribution < -0.4 is 10.6 Å². The fraction of sp³-hybridized carbons (Fsp3) is 0.667. The van der Waals surface area contributed by atoms with Gasteiger partial charge in [-0.15, -0.1) is 0 Å². The largest absolute Gasteiger partial charge is 0.396 e. The number of aliphatic hydroxyl groups excluding tert-OH is 1. The number of nitrogens with zero attached hydrogens (tertiary/aromatic N) is 3. The topological polar surface area (TPSA) is 113 Å². The summed E-state index contributed by atoms with van der Waals surface area (Å²) < 4.78 is 0. The van der Waals surface area contributed by atoms with Crippen LogP contribution >= 0.6 is 0 Å². The first-order valence-corrected chi connectivity index (χ1v) is 6.54. The highest BCUT2D eigenvalue weighted by atomic mass is 16.6. The SMILES string of the molecule is CCCNc1ncc([N+](=O)[O-])c(NC(C)(C)CCO)n1. The van der Waals surface area contributed by atoms with Crippen molar-refractivity contribution < 1.29 is 10.0 Å². The second kappa shape index (κ2) is 6.99. The lowest BCUT2D eigenvalue weighted by atomic mass is 10.0. The first-order chi connectivity index (χ1) is 9.39. The highest BCUT2D eigenvalue weighted by Crippen LogP contribution is 2.26. The molecular formula is C12H21N5O3. The van der Waals surface area contributed by atoms with Crippen molar-refractivity contribution in [2.45, 2.75) is 39.2 Å². The van der Waals surface area contributed by atoms with E-state index in [2.05, 4.69) is 20.6 Å². The molecule has 1 aromatic heterocycles. The van der Waals surface area contributed by atoms with Gasteiger partial charge in [-0.2, -0.15) is 4.98 Å². The summed E-state index contributed by atoms with van der Waals surface area (Å²) in [6, 6.07) is 0. The Labute approximate surface area is 117 Å². The molecule has 8 nitrogen and oxygen atoms in total. The molecule has 0 amide bonds. The van der Waals surface area contributed by atoms with Gasteiger partial charge in [-0.3, -0.25) is 10.1 Å². The van der Waals surface area contributed by atoms with Gasteiger partial charge in [0.2, 0.25) is 11.8 Å². The molecular weight excluding hydrogens is 262 g/mol. The van der Waals surface area contributed by atoms with E-state index < -0.39 is 10.5 Å². The average Bonchev–Trinajstić information content (AvgIpc) is 2.35. The highest BCUT2D eigenvalue weighted by molar-refractivity contribution is 5.58. The molecule has 0 aliphatic rings. The van der Waals surface area contributed by atoms with Crippen molar-refractivity contribution >= 4 is 17.5 Å². The number of rotatable bonds is 8. The van der Waals surface area contributed by atoms with Crippen molar-refractivity contribution in [2.24, 2.45) is 0 Å². The van der Waals surface area contributed by atoms with Crippen LogP contribution in [-0.2, 0) is 0 Å². The maximum absolute atomic E-state index is 11.0. The van der Waals surface area contributed by atoms with Crippen molar-refractivity contribution in [3.05, 3.63) is 16.3 Å². The molecule has 0 aromatic carbocycles. The standard InChI is InChI=1S/C12H21N5O3/c1-4-6-13-11-14-8-9(17(19)20)10(15-11)16-12(2,3)5-7-18/h8,18H,4-7H2,1-3H3,(H2,13,14,15,16). The monoisotopic (exact) mass is 283 g/mol. The molecule has 1 rings (SSSR count).